The van der Waals surface area contributed by atoms with Gasteiger partial charge in [-0.2, -0.15) is 0 Å². The molecule has 7 heteroatoms. The molecule has 4 amide bonds. The number of hydrogen-bond acceptors (Lipinski definition) is 4. The predicted octanol–water partition coefficient (Wildman–Crippen LogP) is 3.02. The topological polar surface area (TPSA) is 75.7 Å². The summed E-state index contributed by atoms with van der Waals surface area (Å²) in [4.78, 5) is 37.8. The molecule has 3 rings (SSSR count). The Bertz CT molecular complexity index is 890. The Morgan fingerprint density at radius 1 is 1.04 bits per heavy atom. The van der Waals surface area contributed by atoms with Gasteiger partial charge in [0.25, 0.3) is 11.8 Å². The van der Waals surface area contributed by atoms with Crippen molar-refractivity contribution < 1.29 is 19.1 Å². The predicted molar refractivity (Wildman–Crippen MR) is 93.4 cm³/mol. The van der Waals surface area contributed by atoms with E-state index in [1.807, 2.05) is 0 Å². The zero-order chi connectivity index (χ0) is 18.0. The number of urea groups is 1. The second kappa shape index (κ2) is 6.78. The van der Waals surface area contributed by atoms with E-state index in [1.165, 1.54) is 13.2 Å². The number of halogens is 1. The number of benzene rings is 2. The van der Waals surface area contributed by atoms with E-state index < -0.39 is 17.8 Å². The number of amides is 4. The van der Waals surface area contributed by atoms with Crippen molar-refractivity contribution in [1.82, 2.24) is 5.32 Å². The lowest BCUT2D eigenvalue weighted by molar-refractivity contribution is -0.122. The minimum Gasteiger partial charge on any atom is -0.497 e. The molecule has 1 saturated heterocycles. The summed E-state index contributed by atoms with van der Waals surface area (Å²) in [5.74, 6) is -0.907. The molecule has 2 aromatic rings. The molecule has 0 aliphatic carbocycles. The highest BCUT2D eigenvalue weighted by molar-refractivity contribution is 6.39. The van der Waals surface area contributed by atoms with Crippen molar-refractivity contribution in [3.8, 4) is 5.75 Å². The van der Waals surface area contributed by atoms with Crippen LogP contribution in [-0.2, 0) is 9.59 Å². The molecule has 1 aliphatic heterocycles. The molecule has 0 atom stereocenters. The fourth-order valence-corrected chi connectivity index (χ4v) is 2.56. The molecule has 126 valence electrons. The number of nitrogens with zero attached hydrogens (tertiary/aromatic N) is 1. The Kier molecular flexibility index (Phi) is 4.54. The lowest BCUT2D eigenvalue weighted by atomic mass is 10.1. The minimum atomic E-state index is -0.809. The van der Waals surface area contributed by atoms with E-state index in [4.69, 9.17) is 16.3 Å². The van der Waals surface area contributed by atoms with Gasteiger partial charge in [0.15, 0.2) is 0 Å². The molecule has 0 spiro atoms. The van der Waals surface area contributed by atoms with Crippen LogP contribution in [0.3, 0.4) is 0 Å². The van der Waals surface area contributed by atoms with Crippen LogP contribution in [0.4, 0.5) is 10.5 Å². The second-order valence-electron chi connectivity index (χ2n) is 5.18. The van der Waals surface area contributed by atoms with Crippen molar-refractivity contribution in [1.29, 1.82) is 0 Å². The summed E-state index contributed by atoms with van der Waals surface area (Å²) >= 11 is 6.07. The average molecular weight is 357 g/mol. The molecule has 0 bridgehead atoms. The first-order valence-electron chi connectivity index (χ1n) is 7.31. The molecule has 0 radical (unpaired) electrons. The molecule has 25 heavy (non-hydrogen) atoms. The van der Waals surface area contributed by atoms with Crippen LogP contribution in [0.25, 0.3) is 6.08 Å². The average Bonchev–Trinajstić information content (AvgIpc) is 2.60. The van der Waals surface area contributed by atoms with E-state index in [-0.39, 0.29) is 5.57 Å². The SMILES string of the molecule is COc1ccc(N2C(=O)NC(=O)/C(=C\c3ccccc3Cl)C2=O)cc1. The van der Waals surface area contributed by atoms with Gasteiger partial charge >= 0.3 is 6.03 Å². The van der Waals surface area contributed by atoms with Gasteiger partial charge in [-0.05, 0) is 42.0 Å². The number of ether oxygens (including phenoxy) is 1. The Labute approximate surface area is 148 Å². The molecule has 1 aliphatic rings. The lowest BCUT2D eigenvalue weighted by Gasteiger charge is -2.26. The number of barbiturate groups is 1. The van der Waals surface area contributed by atoms with Gasteiger partial charge in [-0.15, -0.1) is 0 Å². The summed E-state index contributed by atoms with van der Waals surface area (Å²) < 4.78 is 5.06. The van der Waals surface area contributed by atoms with Crippen LogP contribution in [-0.4, -0.2) is 25.0 Å². The molecule has 6 nitrogen and oxygen atoms in total. The number of rotatable bonds is 3. The van der Waals surface area contributed by atoms with Crippen LogP contribution >= 0.6 is 11.6 Å². The summed E-state index contributed by atoms with van der Waals surface area (Å²) in [6, 6.07) is 12.3. The van der Waals surface area contributed by atoms with Gasteiger partial charge in [0.1, 0.15) is 11.3 Å². The number of carbonyl (C=O) groups is 3. The Morgan fingerprint density at radius 2 is 1.72 bits per heavy atom. The quantitative estimate of drug-likeness (QED) is 0.677. The number of nitrogens with one attached hydrogen (secondary N) is 1. The third-order valence-corrected chi connectivity index (χ3v) is 3.98. The van der Waals surface area contributed by atoms with Crippen molar-refractivity contribution in [2.24, 2.45) is 0 Å². The molecule has 1 heterocycles. The van der Waals surface area contributed by atoms with E-state index in [0.717, 1.165) is 4.90 Å². The van der Waals surface area contributed by atoms with Gasteiger partial charge in [0.2, 0.25) is 0 Å². The summed E-state index contributed by atoms with van der Waals surface area (Å²) in [6.07, 6.45) is 1.36. The number of hydrogen-bond donors (Lipinski definition) is 1. The van der Waals surface area contributed by atoms with E-state index in [0.29, 0.717) is 22.0 Å². The van der Waals surface area contributed by atoms with E-state index >= 15 is 0 Å². The fraction of sp³-hybridized carbons (Fsp3) is 0.0556. The molecular weight excluding hydrogens is 344 g/mol. The number of imide groups is 2. The van der Waals surface area contributed by atoms with Crippen molar-refractivity contribution in [2.75, 3.05) is 12.0 Å². The highest BCUT2D eigenvalue weighted by Gasteiger charge is 2.36. The van der Waals surface area contributed by atoms with Crippen molar-refractivity contribution in [3.63, 3.8) is 0 Å². The summed E-state index contributed by atoms with van der Waals surface area (Å²) in [6.45, 7) is 0. The molecule has 2 aromatic carbocycles. The standard InChI is InChI=1S/C18H13ClN2O4/c1-25-13-8-6-12(7-9-13)21-17(23)14(16(22)20-18(21)24)10-11-4-2-3-5-15(11)19/h2-10H,1H3,(H,20,22,24)/b14-10+. The second-order valence-corrected chi connectivity index (χ2v) is 5.58. The molecular formula is C18H13ClN2O4. The highest BCUT2D eigenvalue weighted by atomic mass is 35.5. The monoisotopic (exact) mass is 356 g/mol. The van der Waals surface area contributed by atoms with Gasteiger partial charge < -0.3 is 4.74 Å². The number of anilines is 1. The number of carbonyl (C=O) groups excluding carboxylic acids is 3. The largest absolute Gasteiger partial charge is 0.497 e. The maximum atomic E-state index is 12.7. The maximum Gasteiger partial charge on any atom is 0.335 e. The first-order chi connectivity index (χ1) is 12.0. The summed E-state index contributed by atoms with van der Waals surface area (Å²) in [7, 11) is 1.51. The van der Waals surface area contributed by atoms with E-state index in [1.54, 1.807) is 48.5 Å². The fourth-order valence-electron chi connectivity index (χ4n) is 2.37. The molecule has 1 fully saturated rings. The molecule has 0 aromatic heterocycles. The third kappa shape index (κ3) is 3.25. The van der Waals surface area contributed by atoms with Gasteiger partial charge in [-0.3, -0.25) is 14.9 Å². The first-order valence-corrected chi connectivity index (χ1v) is 7.69. The van der Waals surface area contributed by atoms with Crippen LogP contribution in [0.5, 0.6) is 5.75 Å². The van der Waals surface area contributed by atoms with Gasteiger partial charge in [-0.25, -0.2) is 9.69 Å². The summed E-state index contributed by atoms with van der Waals surface area (Å²) in [5.41, 5.74) is 0.649. The first kappa shape index (κ1) is 16.7. The number of methoxy groups -OCH3 is 1. The normalized spacial score (nSPS) is 16.2. The van der Waals surface area contributed by atoms with Crippen LogP contribution in [0, 0.1) is 0 Å². The van der Waals surface area contributed by atoms with Crippen molar-refractivity contribution in [3.05, 3.63) is 64.7 Å². The lowest BCUT2D eigenvalue weighted by Crippen LogP contribution is -2.54. The highest BCUT2D eigenvalue weighted by Crippen LogP contribution is 2.25. The van der Waals surface area contributed by atoms with Crippen LogP contribution in [0.15, 0.2) is 54.1 Å². The van der Waals surface area contributed by atoms with E-state index in [2.05, 4.69) is 5.32 Å². The Hall–Kier alpha value is -3.12. The smallest absolute Gasteiger partial charge is 0.335 e. The molecule has 1 N–H and O–H groups in total. The van der Waals surface area contributed by atoms with Gasteiger partial charge in [-0.1, -0.05) is 29.8 Å². The van der Waals surface area contributed by atoms with Crippen molar-refractivity contribution >= 4 is 41.2 Å². The third-order valence-electron chi connectivity index (χ3n) is 3.64. The van der Waals surface area contributed by atoms with E-state index in [9.17, 15) is 14.4 Å². The minimum absolute atomic E-state index is 0.177. The van der Waals surface area contributed by atoms with Crippen LogP contribution < -0.4 is 15.0 Å². The molecule has 0 unspecified atom stereocenters. The Morgan fingerprint density at radius 3 is 2.36 bits per heavy atom. The van der Waals surface area contributed by atoms with Gasteiger partial charge in [0, 0.05) is 5.02 Å². The maximum absolute atomic E-state index is 12.7. The Balaban J connectivity index is 2.01. The van der Waals surface area contributed by atoms with Crippen LogP contribution in [0.1, 0.15) is 5.56 Å². The summed E-state index contributed by atoms with van der Waals surface area (Å²) in [5, 5.41) is 2.55. The zero-order valence-corrected chi connectivity index (χ0v) is 13.9. The molecule has 0 saturated carbocycles. The van der Waals surface area contributed by atoms with Crippen LogP contribution in [0.2, 0.25) is 5.02 Å². The van der Waals surface area contributed by atoms with Crippen molar-refractivity contribution in [2.45, 2.75) is 0 Å². The zero-order valence-electron chi connectivity index (χ0n) is 13.2. The van der Waals surface area contributed by atoms with Gasteiger partial charge in [0.05, 0.1) is 12.8 Å².